The molecule has 1 rings (SSSR count). The van der Waals surface area contributed by atoms with Crippen LogP contribution in [0.5, 0.6) is 0 Å². The van der Waals surface area contributed by atoms with Crippen LogP contribution in [0.1, 0.15) is 24.8 Å². The third-order valence-electron chi connectivity index (χ3n) is 2.94. The highest BCUT2D eigenvalue weighted by atomic mass is 79.9. The molecular weight excluding hydrogens is 287 g/mol. The zero-order valence-corrected chi connectivity index (χ0v) is 12.1. The lowest BCUT2D eigenvalue weighted by Crippen LogP contribution is -2.14. The smallest absolute Gasteiger partial charge is 0.0465 e. The summed E-state index contributed by atoms with van der Waals surface area (Å²) in [5, 5.41) is 0. The fourth-order valence-corrected chi connectivity index (χ4v) is 2.87. The first kappa shape index (κ1) is 14.0. The normalized spacial score (nSPS) is 14.8. The lowest BCUT2D eigenvalue weighted by atomic mass is 9.87. The van der Waals surface area contributed by atoms with Gasteiger partial charge in [-0.3, -0.25) is 0 Å². The first-order valence-corrected chi connectivity index (χ1v) is 6.82. The maximum Gasteiger partial charge on any atom is 0.0465 e. The monoisotopic (exact) mass is 304 g/mol. The second kappa shape index (κ2) is 7.31. The Balaban J connectivity index is 2.77. The van der Waals surface area contributed by atoms with Crippen LogP contribution in [-0.4, -0.2) is 19.6 Å². The van der Waals surface area contributed by atoms with Crippen molar-refractivity contribution in [1.82, 2.24) is 0 Å². The van der Waals surface area contributed by atoms with E-state index in [1.807, 2.05) is 6.07 Å². The van der Waals surface area contributed by atoms with Gasteiger partial charge >= 0.3 is 0 Å². The molecule has 1 aromatic carbocycles. The number of alkyl halides is 1. The lowest BCUT2D eigenvalue weighted by molar-refractivity contribution is 0.176. The SMILES string of the molecule is COCCC(C)C(CCl)c1ccccc1Br. The van der Waals surface area contributed by atoms with Crippen LogP contribution in [0.2, 0.25) is 0 Å². The Morgan fingerprint density at radius 1 is 1.38 bits per heavy atom. The summed E-state index contributed by atoms with van der Waals surface area (Å²) in [6.07, 6.45) is 1.04. The van der Waals surface area contributed by atoms with Crippen LogP contribution in [0.25, 0.3) is 0 Å². The Morgan fingerprint density at radius 3 is 2.62 bits per heavy atom. The van der Waals surface area contributed by atoms with Gasteiger partial charge in [-0.15, -0.1) is 11.6 Å². The average molecular weight is 306 g/mol. The number of ether oxygens (including phenoxy) is 1. The number of halogens is 2. The van der Waals surface area contributed by atoms with Crippen molar-refractivity contribution in [3.05, 3.63) is 34.3 Å². The fraction of sp³-hybridized carbons (Fsp3) is 0.538. The molecular formula is C13H18BrClO. The minimum Gasteiger partial charge on any atom is -0.385 e. The van der Waals surface area contributed by atoms with Gasteiger partial charge < -0.3 is 4.74 Å². The molecule has 90 valence electrons. The molecule has 0 N–H and O–H groups in total. The van der Waals surface area contributed by atoms with Gasteiger partial charge in [-0.05, 0) is 24.0 Å². The Morgan fingerprint density at radius 2 is 2.06 bits per heavy atom. The number of hydrogen-bond donors (Lipinski definition) is 0. The van der Waals surface area contributed by atoms with Gasteiger partial charge in [-0.25, -0.2) is 0 Å². The van der Waals surface area contributed by atoms with E-state index in [4.69, 9.17) is 16.3 Å². The third-order valence-corrected chi connectivity index (χ3v) is 3.99. The molecule has 1 nitrogen and oxygen atoms in total. The summed E-state index contributed by atoms with van der Waals surface area (Å²) in [5.74, 6) is 1.55. The van der Waals surface area contributed by atoms with E-state index in [1.54, 1.807) is 7.11 Å². The molecule has 0 fully saturated rings. The molecule has 3 heteroatoms. The van der Waals surface area contributed by atoms with E-state index in [1.165, 1.54) is 5.56 Å². The van der Waals surface area contributed by atoms with Gasteiger partial charge in [0.1, 0.15) is 0 Å². The lowest BCUT2D eigenvalue weighted by Gasteiger charge is -2.23. The topological polar surface area (TPSA) is 9.23 Å². The zero-order valence-electron chi connectivity index (χ0n) is 9.75. The Hall–Kier alpha value is -0.0500. The van der Waals surface area contributed by atoms with Crippen molar-refractivity contribution in [2.75, 3.05) is 19.6 Å². The molecule has 2 unspecified atom stereocenters. The summed E-state index contributed by atoms with van der Waals surface area (Å²) in [6, 6.07) is 8.29. The summed E-state index contributed by atoms with van der Waals surface area (Å²) in [6.45, 7) is 3.02. The summed E-state index contributed by atoms with van der Waals surface area (Å²) in [5.41, 5.74) is 1.29. The molecule has 0 saturated carbocycles. The van der Waals surface area contributed by atoms with E-state index in [0.717, 1.165) is 17.5 Å². The second-order valence-electron chi connectivity index (χ2n) is 4.04. The van der Waals surface area contributed by atoms with Crippen LogP contribution in [0.4, 0.5) is 0 Å². The molecule has 16 heavy (non-hydrogen) atoms. The van der Waals surface area contributed by atoms with Crippen molar-refractivity contribution in [1.29, 1.82) is 0 Å². The van der Waals surface area contributed by atoms with E-state index >= 15 is 0 Å². The minimum absolute atomic E-state index is 0.382. The van der Waals surface area contributed by atoms with Crippen molar-refractivity contribution in [2.24, 2.45) is 5.92 Å². The van der Waals surface area contributed by atoms with Crippen molar-refractivity contribution >= 4 is 27.5 Å². The molecule has 2 atom stereocenters. The molecule has 0 aliphatic carbocycles. The van der Waals surface area contributed by atoms with E-state index in [0.29, 0.717) is 17.7 Å². The highest BCUT2D eigenvalue weighted by molar-refractivity contribution is 9.10. The number of methoxy groups -OCH3 is 1. The standard InChI is InChI=1S/C13H18BrClO/c1-10(7-8-16-2)12(9-15)11-5-3-4-6-13(11)14/h3-6,10,12H,7-9H2,1-2H3. The number of rotatable bonds is 6. The highest BCUT2D eigenvalue weighted by Gasteiger charge is 2.19. The number of hydrogen-bond acceptors (Lipinski definition) is 1. The van der Waals surface area contributed by atoms with Crippen LogP contribution < -0.4 is 0 Å². The quantitative estimate of drug-likeness (QED) is 0.706. The maximum atomic E-state index is 6.09. The predicted octanol–water partition coefficient (Wildman–Crippen LogP) is 4.44. The first-order chi connectivity index (χ1) is 7.70. The van der Waals surface area contributed by atoms with Crippen LogP contribution in [0.15, 0.2) is 28.7 Å². The molecule has 0 aliphatic heterocycles. The van der Waals surface area contributed by atoms with Gasteiger partial charge in [-0.2, -0.15) is 0 Å². The Kier molecular flexibility index (Phi) is 6.40. The third kappa shape index (κ3) is 3.76. The summed E-state index contributed by atoms with van der Waals surface area (Å²) < 4.78 is 6.26. The molecule has 0 saturated heterocycles. The Bertz CT molecular complexity index is 317. The summed E-state index contributed by atoms with van der Waals surface area (Å²) in [4.78, 5) is 0. The highest BCUT2D eigenvalue weighted by Crippen LogP contribution is 2.33. The van der Waals surface area contributed by atoms with Gasteiger partial charge in [0.25, 0.3) is 0 Å². The van der Waals surface area contributed by atoms with E-state index in [-0.39, 0.29) is 0 Å². The molecule has 1 aromatic rings. The van der Waals surface area contributed by atoms with Crippen molar-refractivity contribution < 1.29 is 4.74 Å². The first-order valence-electron chi connectivity index (χ1n) is 5.50. The zero-order chi connectivity index (χ0) is 12.0. The minimum atomic E-state index is 0.382. The molecule has 0 radical (unpaired) electrons. The predicted molar refractivity (Wildman–Crippen MR) is 73.3 cm³/mol. The van der Waals surface area contributed by atoms with Gasteiger partial charge in [0.15, 0.2) is 0 Å². The molecule has 0 amide bonds. The molecule has 0 aliphatic rings. The van der Waals surface area contributed by atoms with Crippen molar-refractivity contribution in [2.45, 2.75) is 19.3 Å². The van der Waals surface area contributed by atoms with E-state index in [9.17, 15) is 0 Å². The van der Waals surface area contributed by atoms with Crippen molar-refractivity contribution in [3.63, 3.8) is 0 Å². The Labute approximate surface area is 111 Å². The van der Waals surface area contributed by atoms with Gasteiger partial charge in [0.05, 0.1) is 0 Å². The fourth-order valence-electron chi connectivity index (χ4n) is 1.82. The van der Waals surface area contributed by atoms with Gasteiger partial charge in [0.2, 0.25) is 0 Å². The van der Waals surface area contributed by atoms with E-state index in [2.05, 4.69) is 41.1 Å². The summed E-state index contributed by atoms with van der Waals surface area (Å²) in [7, 11) is 1.74. The summed E-state index contributed by atoms with van der Waals surface area (Å²) >= 11 is 9.67. The van der Waals surface area contributed by atoms with E-state index < -0.39 is 0 Å². The van der Waals surface area contributed by atoms with Crippen molar-refractivity contribution in [3.8, 4) is 0 Å². The molecule has 0 aromatic heterocycles. The van der Waals surface area contributed by atoms with Crippen LogP contribution in [-0.2, 0) is 4.74 Å². The second-order valence-corrected chi connectivity index (χ2v) is 5.20. The maximum absolute atomic E-state index is 6.09. The molecule has 0 bridgehead atoms. The van der Waals surface area contributed by atoms with Gasteiger partial charge in [0, 0.05) is 30.0 Å². The van der Waals surface area contributed by atoms with Crippen LogP contribution >= 0.6 is 27.5 Å². The number of benzene rings is 1. The van der Waals surface area contributed by atoms with Crippen LogP contribution in [0, 0.1) is 5.92 Å². The van der Waals surface area contributed by atoms with Crippen LogP contribution in [0.3, 0.4) is 0 Å². The van der Waals surface area contributed by atoms with Gasteiger partial charge in [-0.1, -0.05) is 41.1 Å². The largest absolute Gasteiger partial charge is 0.385 e. The molecule has 0 heterocycles. The average Bonchev–Trinajstić information content (AvgIpc) is 2.30. The molecule has 0 spiro atoms.